The van der Waals surface area contributed by atoms with Crippen LogP contribution in [0, 0.1) is 5.92 Å². The first kappa shape index (κ1) is 20.8. The van der Waals surface area contributed by atoms with Crippen LogP contribution in [0.1, 0.15) is 18.5 Å². The standard InChI is InChI=1S/C17H19N3O3S.2ClH/c18-7-13(10-1-2-10)20-16(21)6-12-8-24-17(19-12)11-3-4-14-15(5-11)23-9-22-14;;/h3-5,8,10,13H,1-2,6-7,9,18H2,(H,20,21);2*1H. The number of fused-ring (bicyclic) bond motifs is 1. The lowest BCUT2D eigenvalue weighted by atomic mass is 10.2. The summed E-state index contributed by atoms with van der Waals surface area (Å²) in [4.78, 5) is 16.7. The number of thiazole rings is 1. The molecule has 1 fully saturated rings. The molecule has 0 saturated heterocycles. The van der Waals surface area contributed by atoms with Gasteiger partial charge in [0.1, 0.15) is 5.01 Å². The smallest absolute Gasteiger partial charge is 0.231 e. The number of amides is 1. The lowest BCUT2D eigenvalue weighted by Crippen LogP contribution is -2.42. The summed E-state index contributed by atoms with van der Waals surface area (Å²) in [5, 5.41) is 5.82. The third kappa shape index (κ3) is 4.59. The molecule has 0 radical (unpaired) electrons. The highest BCUT2D eigenvalue weighted by atomic mass is 35.5. The van der Waals surface area contributed by atoms with Crippen LogP contribution in [0.15, 0.2) is 23.6 Å². The Kier molecular flexibility index (Phi) is 7.11. The third-order valence-electron chi connectivity index (χ3n) is 4.30. The van der Waals surface area contributed by atoms with E-state index in [0.717, 1.165) is 40.6 Å². The minimum absolute atomic E-state index is 0. The van der Waals surface area contributed by atoms with Gasteiger partial charge in [-0.1, -0.05) is 0 Å². The van der Waals surface area contributed by atoms with Crippen LogP contribution >= 0.6 is 36.2 Å². The van der Waals surface area contributed by atoms with Crippen molar-refractivity contribution in [2.45, 2.75) is 25.3 Å². The number of rotatable bonds is 6. The minimum atomic E-state index is -0.0140. The molecule has 1 aliphatic heterocycles. The molecule has 6 nitrogen and oxygen atoms in total. The first-order valence-electron chi connectivity index (χ1n) is 8.07. The predicted octanol–water partition coefficient (Wildman–Crippen LogP) is 2.78. The van der Waals surface area contributed by atoms with Crippen molar-refractivity contribution >= 4 is 42.1 Å². The summed E-state index contributed by atoms with van der Waals surface area (Å²) in [6.45, 7) is 0.751. The topological polar surface area (TPSA) is 86.5 Å². The highest BCUT2D eigenvalue weighted by Gasteiger charge is 2.31. The third-order valence-corrected chi connectivity index (χ3v) is 5.24. The van der Waals surface area contributed by atoms with Crippen molar-refractivity contribution in [3.05, 3.63) is 29.3 Å². The maximum Gasteiger partial charge on any atom is 0.231 e. The van der Waals surface area contributed by atoms with E-state index < -0.39 is 0 Å². The van der Waals surface area contributed by atoms with Gasteiger partial charge in [-0.15, -0.1) is 36.2 Å². The molecule has 26 heavy (non-hydrogen) atoms. The number of benzene rings is 1. The average Bonchev–Trinajstić information content (AvgIpc) is 3.14. The van der Waals surface area contributed by atoms with Crippen LogP contribution in [0.4, 0.5) is 0 Å². The number of halogens is 2. The molecule has 9 heteroatoms. The minimum Gasteiger partial charge on any atom is -0.454 e. The fourth-order valence-corrected chi connectivity index (χ4v) is 3.66. The molecule has 1 aliphatic carbocycles. The fourth-order valence-electron chi connectivity index (χ4n) is 2.84. The normalized spacial score (nSPS) is 15.6. The van der Waals surface area contributed by atoms with Crippen molar-refractivity contribution in [1.82, 2.24) is 10.3 Å². The van der Waals surface area contributed by atoms with Crippen LogP contribution in [0.3, 0.4) is 0 Å². The number of hydrogen-bond donors (Lipinski definition) is 2. The zero-order valence-electron chi connectivity index (χ0n) is 14.0. The Morgan fingerprint density at radius 3 is 2.81 bits per heavy atom. The number of carbonyl (C=O) groups excluding carboxylic acids is 1. The Labute approximate surface area is 168 Å². The Hall–Kier alpha value is -1.54. The Balaban J connectivity index is 0.00000121. The number of ether oxygens (including phenoxy) is 2. The van der Waals surface area contributed by atoms with Crippen molar-refractivity contribution in [2.75, 3.05) is 13.3 Å². The Morgan fingerprint density at radius 1 is 1.31 bits per heavy atom. The monoisotopic (exact) mass is 417 g/mol. The molecule has 2 heterocycles. The molecule has 4 rings (SSSR count). The lowest BCUT2D eigenvalue weighted by molar-refractivity contribution is -0.121. The maximum absolute atomic E-state index is 12.2. The first-order chi connectivity index (χ1) is 11.7. The summed E-state index contributed by atoms with van der Waals surface area (Å²) in [6.07, 6.45) is 2.60. The Bertz CT molecular complexity index is 767. The van der Waals surface area contributed by atoms with Crippen molar-refractivity contribution in [3.8, 4) is 22.1 Å². The van der Waals surface area contributed by atoms with E-state index in [2.05, 4.69) is 10.3 Å². The van der Waals surface area contributed by atoms with Gasteiger partial charge in [-0.05, 0) is 37.0 Å². The van der Waals surface area contributed by atoms with Gasteiger partial charge in [-0.25, -0.2) is 4.98 Å². The van der Waals surface area contributed by atoms with Crippen molar-refractivity contribution in [3.63, 3.8) is 0 Å². The van der Waals surface area contributed by atoms with Crippen LogP contribution in [-0.2, 0) is 11.2 Å². The van der Waals surface area contributed by atoms with Gasteiger partial charge in [-0.3, -0.25) is 4.79 Å². The summed E-state index contributed by atoms with van der Waals surface area (Å²) < 4.78 is 10.7. The Morgan fingerprint density at radius 2 is 2.08 bits per heavy atom. The SMILES string of the molecule is Cl.Cl.NCC(NC(=O)Cc1csc(-c2ccc3c(c2)OCO3)n1)C1CC1. The molecule has 1 aromatic heterocycles. The van der Waals surface area contributed by atoms with E-state index in [-0.39, 0.29) is 50.0 Å². The second-order valence-electron chi connectivity index (χ2n) is 6.14. The van der Waals surface area contributed by atoms with Crippen molar-refractivity contribution < 1.29 is 14.3 Å². The lowest BCUT2D eigenvalue weighted by Gasteiger charge is -2.15. The van der Waals surface area contributed by atoms with Crippen LogP contribution in [0.5, 0.6) is 11.5 Å². The van der Waals surface area contributed by atoms with Gasteiger partial charge in [-0.2, -0.15) is 0 Å². The average molecular weight is 418 g/mol. The molecule has 1 atom stereocenters. The number of nitrogens with one attached hydrogen (secondary N) is 1. The second-order valence-corrected chi connectivity index (χ2v) is 6.99. The molecule has 1 unspecified atom stereocenters. The van der Waals surface area contributed by atoms with Crippen LogP contribution in [0.2, 0.25) is 0 Å². The summed E-state index contributed by atoms with van der Waals surface area (Å²) in [5.74, 6) is 2.03. The molecule has 142 valence electrons. The number of aromatic nitrogens is 1. The molecule has 1 aromatic carbocycles. The molecule has 2 aromatic rings. The summed E-state index contributed by atoms with van der Waals surface area (Å²) in [5.41, 5.74) is 7.47. The van der Waals surface area contributed by atoms with Crippen LogP contribution < -0.4 is 20.5 Å². The van der Waals surface area contributed by atoms with Gasteiger partial charge in [0.05, 0.1) is 12.1 Å². The highest BCUT2D eigenvalue weighted by molar-refractivity contribution is 7.13. The van der Waals surface area contributed by atoms with E-state index in [4.69, 9.17) is 15.2 Å². The molecular weight excluding hydrogens is 397 g/mol. The predicted molar refractivity (Wildman–Crippen MR) is 106 cm³/mol. The molecule has 1 amide bonds. The quantitative estimate of drug-likeness (QED) is 0.754. The zero-order chi connectivity index (χ0) is 16.5. The van der Waals surface area contributed by atoms with Gasteiger partial charge >= 0.3 is 0 Å². The van der Waals surface area contributed by atoms with Crippen molar-refractivity contribution in [2.24, 2.45) is 11.7 Å². The van der Waals surface area contributed by atoms with E-state index in [9.17, 15) is 4.79 Å². The summed E-state index contributed by atoms with van der Waals surface area (Å²) in [7, 11) is 0. The van der Waals surface area contributed by atoms with Gasteiger partial charge in [0, 0.05) is 23.5 Å². The van der Waals surface area contributed by atoms with Crippen molar-refractivity contribution in [1.29, 1.82) is 0 Å². The fraction of sp³-hybridized carbons (Fsp3) is 0.412. The summed E-state index contributed by atoms with van der Waals surface area (Å²) in [6, 6.07) is 5.85. The van der Waals surface area contributed by atoms with Gasteiger partial charge in [0.25, 0.3) is 0 Å². The molecular formula is C17H21Cl2N3O3S. The van der Waals surface area contributed by atoms with E-state index in [1.54, 1.807) is 0 Å². The molecule has 0 spiro atoms. The molecule has 0 bridgehead atoms. The van der Waals surface area contributed by atoms with E-state index in [1.165, 1.54) is 11.3 Å². The molecule has 1 saturated carbocycles. The van der Waals surface area contributed by atoms with Gasteiger partial charge < -0.3 is 20.5 Å². The van der Waals surface area contributed by atoms with Gasteiger partial charge in [0.2, 0.25) is 12.7 Å². The van der Waals surface area contributed by atoms with Crippen LogP contribution in [-0.4, -0.2) is 30.3 Å². The number of nitrogens with zero attached hydrogens (tertiary/aromatic N) is 1. The van der Waals surface area contributed by atoms with E-state index in [0.29, 0.717) is 12.5 Å². The summed E-state index contributed by atoms with van der Waals surface area (Å²) >= 11 is 1.52. The number of hydrogen-bond acceptors (Lipinski definition) is 6. The highest BCUT2D eigenvalue weighted by Crippen LogP contribution is 2.36. The van der Waals surface area contributed by atoms with E-state index >= 15 is 0 Å². The molecule has 2 aliphatic rings. The van der Waals surface area contributed by atoms with E-state index in [1.807, 2.05) is 23.6 Å². The number of carbonyl (C=O) groups is 1. The largest absolute Gasteiger partial charge is 0.454 e. The van der Waals surface area contributed by atoms with Crippen LogP contribution in [0.25, 0.3) is 10.6 Å². The maximum atomic E-state index is 12.2. The number of nitrogens with two attached hydrogens (primary N) is 1. The molecule has 3 N–H and O–H groups in total. The van der Waals surface area contributed by atoms with Gasteiger partial charge in [0.15, 0.2) is 11.5 Å². The zero-order valence-corrected chi connectivity index (χ0v) is 16.4. The second kappa shape index (κ2) is 8.90. The first-order valence-corrected chi connectivity index (χ1v) is 8.95.